The van der Waals surface area contributed by atoms with Gasteiger partial charge in [-0.3, -0.25) is 4.79 Å². The maximum Gasteiger partial charge on any atom is 0.347 e. The average molecular weight is 407 g/mol. The molecule has 25 heavy (non-hydrogen) atoms. The van der Waals surface area contributed by atoms with Crippen molar-refractivity contribution >= 4 is 28.2 Å². The predicted octanol–water partition coefficient (Wildman–Crippen LogP) is 4.67. The fraction of sp³-hybridized carbons (Fsp3) is 0.263. The molecule has 2 aromatic carbocycles. The average Bonchev–Trinajstić information content (AvgIpc) is 2.62. The molecule has 0 aliphatic carbocycles. The lowest BCUT2D eigenvalue weighted by Crippen LogP contribution is -2.12. The molecule has 0 unspecified atom stereocenters. The third-order valence-electron chi connectivity index (χ3n) is 3.23. The molecule has 0 saturated heterocycles. The second kappa shape index (κ2) is 9.22. The van der Waals surface area contributed by atoms with Crippen molar-refractivity contribution < 1.29 is 23.8 Å². The number of rotatable bonds is 8. The van der Waals surface area contributed by atoms with Gasteiger partial charge in [0.15, 0.2) is 11.5 Å². The quantitative estimate of drug-likeness (QED) is 0.362. The summed E-state index contributed by atoms with van der Waals surface area (Å²) >= 11 is 3.35. The molecule has 0 atom stereocenters. The highest BCUT2D eigenvalue weighted by Gasteiger charge is 2.18. The Bertz CT molecular complexity index is 757. The highest BCUT2D eigenvalue weighted by Crippen LogP contribution is 2.31. The Labute approximate surface area is 155 Å². The standard InChI is InChI=1S/C19H19BrO5/c1-3-9-24-16-8-6-14(20)11-15(16)19(22)25-17-7-5-13(12-21)10-18(17)23-4-2/h5-8,10-12H,3-4,9H2,1-2H3. The third-order valence-corrected chi connectivity index (χ3v) is 3.72. The zero-order valence-electron chi connectivity index (χ0n) is 14.1. The molecule has 0 N–H and O–H groups in total. The van der Waals surface area contributed by atoms with Gasteiger partial charge in [-0.2, -0.15) is 0 Å². The summed E-state index contributed by atoms with van der Waals surface area (Å²) in [6.45, 7) is 4.68. The Hall–Kier alpha value is -2.34. The molecule has 5 nitrogen and oxygen atoms in total. The summed E-state index contributed by atoms with van der Waals surface area (Å²) in [6.07, 6.45) is 1.53. The Morgan fingerprint density at radius 3 is 2.48 bits per heavy atom. The molecule has 2 aromatic rings. The van der Waals surface area contributed by atoms with Crippen LogP contribution in [0.25, 0.3) is 0 Å². The number of benzene rings is 2. The van der Waals surface area contributed by atoms with E-state index in [9.17, 15) is 9.59 Å². The molecule has 0 saturated carbocycles. The van der Waals surface area contributed by atoms with Crippen LogP contribution in [-0.4, -0.2) is 25.5 Å². The van der Waals surface area contributed by atoms with E-state index in [1.165, 1.54) is 12.1 Å². The fourth-order valence-electron chi connectivity index (χ4n) is 2.11. The normalized spacial score (nSPS) is 10.2. The Balaban J connectivity index is 2.30. The Morgan fingerprint density at radius 1 is 1.04 bits per heavy atom. The minimum atomic E-state index is -0.563. The van der Waals surface area contributed by atoms with Crippen LogP contribution >= 0.6 is 15.9 Å². The number of hydrogen-bond acceptors (Lipinski definition) is 5. The summed E-state index contributed by atoms with van der Waals surface area (Å²) in [5, 5.41) is 0. The molecular formula is C19H19BrO5. The molecule has 0 radical (unpaired) electrons. The zero-order valence-corrected chi connectivity index (χ0v) is 15.7. The number of aldehydes is 1. The Morgan fingerprint density at radius 2 is 1.80 bits per heavy atom. The van der Waals surface area contributed by atoms with Crippen molar-refractivity contribution in [3.63, 3.8) is 0 Å². The first-order valence-electron chi connectivity index (χ1n) is 7.95. The molecule has 0 aliphatic rings. The second-order valence-corrected chi connectivity index (χ2v) is 6.05. The molecule has 0 aromatic heterocycles. The number of ether oxygens (including phenoxy) is 3. The summed E-state index contributed by atoms with van der Waals surface area (Å²) in [5.41, 5.74) is 0.752. The van der Waals surface area contributed by atoms with Gasteiger partial charge in [0.05, 0.1) is 13.2 Å². The zero-order chi connectivity index (χ0) is 18.2. The number of hydrogen-bond donors (Lipinski definition) is 0. The van der Waals surface area contributed by atoms with Gasteiger partial charge < -0.3 is 14.2 Å². The van der Waals surface area contributed by atoms with Crippen LogP contribution in [0.3, 0.4) is 0 Å². The third kappa shape index (κ3) is 5.06. The van der Waals surface area contributed by atoms with Crippen molar-refractivity contribution in [3.8, 4) is 17.2 Å². The molecule has 0 fully saturated rings. The number of halogens is 1. The first-order chi connectivity index (χ1) is 12.1. The van der Waals surface area contributed by atoms with Crippen LogP contribution in [0.1, 0.15) is 41.0 Å². The Kier molecular flexibility index (Phi) is 7.01. The second-order valence-electron chi connectivity index (χ2n) is 5.14. The van der Waals surface area contributed by atoms with E-state index in [1.54, 1.807) is 24.3 Å². The summed E-state index contributed by atoms with van der Waals surface area (Å²) in [5.74, 6) is 0.482. The molecule has 132 valence electrons. The minimum absolute atomic E-state index is 0.249. The van der Waals surface area contributed by atoms with Crippen LogP contribution in [-0.2, 0) is 0 Å². The minimum Gasteiger partial charge on any atom is -0.493 e. The van der Waals surface area contributed by atoms with E-state index in [0.29, 0.717) is 42.1 Å². The first kappa shape index (κ1) is 19.0. The van der Waals surface area contributed by atoms with Crippen LogP contribution in [0.4, 0.5) is 0 Å². The van der Waals surface area contributed by atoms with Crippen molar-refractivity contribution in [2.75, 3.05) is 13.2 Å². The van der Waals surface area contributed by atoms with Crippen molar-refractivity contribution in [2.45, 2.75) is 20.3 Å². The van der Waals surface area contributed by atoms with Crippen molar-refractivity contribution in [1.29, 1.82) is 0 Å². The summed E-state index contributed by atoms with van der Waals surface area (Å²) < 4.78 is 17.3. The first-order valence-corrected chi connectivity index (χ1v) is 8.74. The highest BCUT2D eigenvalue weighted by atomic mass is 79.9. The number of carbonyl (C=O) groups is 2. The van der Waals surface area contributed by atoms with E-state index in [4.69, 9.17) is 14.2 Å². The van der Waals surface area contributed by atoms with Crippen LogP contribution in [0.5, 0.6) is 17.2 Å². The largest absolute Gasteiger partial charge is 0.493 e. The van der Waals surface area contributed by atoms with Crippen molar-refractivity contribution in [3.05, 3.63) is 52.0 Å². The highest BCUT2D eigenvalue weighted by molar-refractivity contribution is 9.10. The van der Waals surface area contributed by atoms with Gasteiger partial charge in [-0.1, -0.05) is 22.9 Å². The molecular weight excluding hydrogens is 388 g/mol. The summed E-state index contributed by atoms with van der Waals surface area (Å²) in [6, 6.07) is 9.80. The summed E-state index contributed by atoms with van der Waals surface area (Å²) in [7, 11) is 0. The predicted molar refractivity (Wildman–Crippen MR) is 97.9 cm³/mol. The van der Waals surface area contributed by atoms with Crippen LogP contribution in [0, 0.1) is 0 Å². The van der Waals surface area contributed by atoms with E-state index < -0.39 is 5.97 Å². The number of esters is 1. The summed E-state index contributed by atoms with van der Waals surface area (Å²) in [4.78, 5) is 23.5. The fourth-order valence-corrected chi connectivity index (χ4v) is 2.47. The molecule has 0 bridgehead atoms. The van der Waals surface area contributed by atoms with E-state index in [0.717, 1.165) is 10.9 Å². The SMILES string of the molecule is CCCOc1ccc(Br)cc1C(=O)Oc1ccc(C=O)cc1OCC. The van der Waals surface area contributed by atoms with Gasteiger partial charge >= 0.3 is 5.97 Å². The van der Waals surface area contributed by atoms with Gasteiger partial charge in [0, 0.05) is 10.0 Å². The van der Waals surface area contributed by atoms with Gasteiger partial charge in [0.2, 0.25) is 0 Å². The lowest BCUT2D eigenvalue weighted by molar-refractivity contribution is 0.0723. The molecule has 6 heteroatoms. The smallest absolute Gasteiger partial charge is 0.347 e. The molecule has 0 spiro atoms. The van der Waals surface area contributed by atoms with Gasteiger partial charge in [-0.25, -0.2) is 4.79 Å². The topological polar surface area (TPSA) is 61.8 Å². The molecule has 2 rings (SSSR count). The molecule has 0 heterocycles. The van der Waals surface area contributed by atoms with E-state index in [2.05, 4.69) is 15.9 Å². The van der Waals surface area contributed by atoms with Crippen molar-refractivity contribution in [2.24, 2.45) is 0 Å². The monoisotopic (exact) mass is 406 g/mol. The van der Waals surface area contributed by atoms with Gasteiger partial charge in [-0.05, 0) is 49.7 Å². The van der Waals surface area contributed by atoms with Crippen LogP contribution in [0.2, 0.25) is 0 Å². The van der Waals surface area contributed by atoms with Crippen molar-refractivity contribution in [1.82, 2.24) is 0 Å². The lowest BCUT2D eigenvalue weighted by Gasteiger charge is -2.13. The van der Waals surface area contributed by atoms with E-state index in [1.807, 2.05) is 13.8 Å². The van der Waals surface area contributed by atoms with Crippen LogP contribution in [0.15, 0.2) is 40.9 Å². The van der Waals surface area contributed by atoms with Gasteiger partial charge in [-0.15, -0.1) is 0 Å². The van der Waals surface area contributed by atoms with Gasteiger partial charge in [0.1, 0.15) is 17.6 Å². The molecule has 0 aliphatic heterocycles. The maximum absolute atomic E-state index is 12.6. The lowest BCUT2D eigenvalue weighted by atomic mass is 10.2. The van der Waals surface area contributed by atoms with E-state index in [-0.39, 0.29) is 5.75 Å². The van der Waals surface area contributed by atoms with Gasteiger partial charge in [0.25, 0.3) is 0 Å². The number of carbonyl (C=O) groups excluding carboxylic acids is 2. The van der Waals surface area contributed by atoms with E-state index >= 15 is 0 Å². The maximum atomic E-state index is 12.6. The molecule has 0 amide bonds. The van der Waals surface area contributed by atoms with Crippen LogP contribution < -0.4 is 14.2 Å².